The number of hydrogen-bond acceptors (Lipinski definition) is 4. The Bertz CT molecular complexity index is 1040. The van der Waals surface area contributed by atoms with Crippen molar-refractivity contribution in [2.75, 3.05) is 0 Å². The number of hydrogen-bond donors (Lipinski definition) is 0. The van der Waals surface area contributed by atoms with Gasteiger partial charge in [0.15, 0.2) is 0 Å². The Kier molecular flexibility index (Phi) is 3.84. The minimum absolute atomic E-state index is 0.0823. The molecule has 3 heterocycles. The standard InChI is InChI=1S/C20H21N3OS/c1-13-11-25-18(21-13)7-5-14-4-6-15-16(10-14)22-17-8-9-20(2,3)12-23(17)19(15)24/h4-7,10-11H,8-9,12H2,1-3H3. The first-order valence-corrected chi connectivity index (χ1v) is 9.43. The first-order chi connectivity index (χ1) is 11.9. The van der Waals surface area contributed by atoms with E-state index in [4.69, 9.17) is 4.98 Å². The van der Waals surface area contributed by atoms with E-state index in [1.807, 2.05) is 47.2 Å². The Balaban J connectivity index is 1.74. The maximum Gasteiger partial charge on any atom is 0.261 e. The SMILES string of the molecule is Cc1csc(C=Cc2ccc3c(=O)n4c(nc3c2)CCC(C)(C)C4)n1. The highest BCUT2D eigenvalue weighted by Crippen LogP contribution is 2.29. The summed E-state index contributed by atoms with van der Waals surface area (Å²) in [5.41, 5.74) is 3.09. The van der Waals surface area contributed by atoms with Gasteiger partial charge in [0.25, 0.3) is 5.56 Å². The van der Waals surface area contributed by atoms with Gasteiger partial charge in [0.2, 0.25) is 0 Å². The number of fused-ring (bicyclic) bond motifs is 2. The number of rotatable bonds is 2. The highest BCUT2D eigenvalue weighted by molar-refractivity contribution is 7.10. The van der Waals surface area contributed by atoms with Crippen LogP contribution < -0.4 is 5.56 Å². The number of nitrogens with zero attached hydrogens (tertiary/aromatic N) is 3. The Hall–Kier alpha value is -2.27. The highest BCUT2D eigenvalue weighted by Gasteiger charge is 2.27. The molecule has 3 aromatic rings. The second-order valence-electron chi connectivity index (χ2n) is 7.52. The van der Waals surface area contributed by atoms with Crippen molar-refractivity contribution < 1.29 is 0 Å². The first-order valence-electron chi connectivity index (χ1n) is 8.55. The van der Waals surface area contributed by atoms with Gasteiger partial charge in [0, 0.05) is 24.0 Å². The molecule has 128 valence electrons. The molecule has 5 heteroatoms. The minimum Gasteiger partial charge on any atom is -0.296 e. The van der Waals surface area contributed by atoms with Crippen molar-refractivity contribution in [2.45, 2.75) is 40.2 Å². The maximum atomic E-state index is 12.9. The van der Waals surface area contributed by atoms with E-state index in [2.05, 4.69) is 18.8 Å². The van der Waals surface area contributed by atoms with E-state index in [0.29, 0.717) is 5.39 Å². The molecule has 25 heavy (non-hydrogen) atoms. The lowest BCUT2D eigenvalue weighted by molar-refractivity contribution is 0.240. The molecule has 0 amide bonds. The fourth-order valence-electron chi connectivity index (χ4n) is 3.32. The quantitative estimate of drug-likeness (QED) is 0.691. The van der Waals surface area contributed by atoms with Gasteiger partial charge in [-0.25, -0.2) is 9.97 Å². The summed E-state index contributed by atoms with van der Waals surface area (Å²) in [6.45, 7) is 7.16. The molecule has 0 aliphatic carbocycles. The third kappa shape index (κ3) is 3.16. The van der Waals surface area contributed by atoms with Crippen molar-refractivity contribution in [1.82, 2.24) is 14.5 Å². The fraction of sp³-hybridized carbons (Fsp3) is 0.350. The van der Waals surface area contributed by atoms with Gasteiger partial charge in [-0.05, 0) is 42.5 Å². The molecule has 0 atom stereocenters. The van der Waals surface area contributed by atoms with Crippen LogP contribution in [0.25, 0.3) is 23.1 Å². The zero-order chi connectivity index (χ0) is 17.6. The maximum absolute atomic E-state index is 12.9. The number of aryl methyl sites for hydroxylation is 2. The molecule has 1 aromatic carbocycles. The predicted molar refractivity (Wildman–Crippen MR) is 104 cm³/mol. The van der Waals surface area contributed by atoms with Gasteiger partial charge in [-0.2, -0.15) is 0 Å². The zero-order valence-corrected chi connectivity index (χ0v) is 15.6. The van der Waals surface area contributed by atoms with Crippen LogP contribution >= 0.6 is 11.3 Å². The third-order valence-corrected chi connectivity index (χ3v) is 5.65. The van der Waals surface area contributed by atoms with Crippen molar-refractivity contribution >= 4 is 34.4 Å². The summed E-state index contributed by atoms with van der Waals surface area (Å²) >= 11 is 1.63. The van der Waals surface area contributed by atoms with Gasteiger partial charge in [0.1, 0.15) is 10.8 Å². The van der Waals surface area contributed by atoms with Crippen LogP contribution in [0.3, 0.4) is 0 Å². The molecule has 0 radical (unpaired) electrons. The topological polar surface area (TPSA) is 47.8 Å². The molecular formula is C20H21N3OS. The number of aromatic nitrogens is 3. The van der Waals surface area contributed by atoms with Crippen molar-refractivity contribution in [3.05, 3.63) is 56.0 Å². The van der Waals surface area contributed by atoms with Gasteiger partial charge < -0.3 is 0 Å². The van der Waals surface area contributed by atoms with Gasteiger partial charge in [-0.3, -0.25) is 9.36 Å². The Morgan fingerprint density at radius 2 is 2.08 bits per heavy atom. The second kappa shape index (κ2) is 5.92. The fourth-order valence-corrected chi connectivity index (χ4v) is 4.00. The number of thiazole rings is 1. The van der Waals surface area contributed by atoms with Crippen LogP contribution in [-0.4, -0.2) is 14.5 Å². The van der Waals surface area contributed by atoms with E-state index >= 15 is 0 Å². The molecule has 0 bridgehead atoms. The van der Waals surface area contributed by atoms with Crippen molar-refractivity contribution in [3.63, 3.8) is 0 Å². The summed E-state index contributed by atoms with van der Waals surface area (Å²) < 4.78 is 1.86. The zero-order valence-electron chi connectivity index (χ0n) is 14.7. The van der Waals surface area contributed by atoms with Gasteiger partial charge in [0.05, 0.1) is 10.9 Å². The van der Waals surface area contributed by atoms with Gasteiger partial charge in [-0.1, -0.05) is 26.0 Å². The molecule has 0 saturated carbocycles. The molecule has 0 spiro atoms. The van der Waals surface area contributed by atoms with Gasteiger partial charge >= 0.3 is 0 Å². The van der Waals surface area contributed by atoms with E-state index in [-0.39, 0.29) is 11.0 Å². The average molecular weight is 351 g/mol. The minimum atomic E-state index is 0.0823. The van der Waals surface area contributed by atoms with Crippen LogP contribution in [0.5, 0.6) is 0 Å². The largest absolute Gasteiger partial charge is 0.296 e. The Labute approximate surface area is 150 Å². The lowest BCUT2D eigenvalue weighted by Gasteiger charge is -2.31. The van der Waals surface area contributed by atoms with E-state index in [1.54, 1.807) is 11.3 Å². The molecule has 0 saturated heterocycles. The molecule has 0 fully saturated rings. The third-order valence-electron chi connectivity index (χ3n) is 4.73. The summed E-state index contributed by atoms with van der Waals surface area (Å²) in [7, 11) is 0. The molecule has 4 nitrogen and oxygen atoms in total. The highest BCUT2D eigenvalue weighted by atomic mass is 32.1. The van der Waals surface area contributed by atoms with Crippen LogP contribution in [0.2, 0.25) is 0 Å². The Morgan fingerprint density at radius 3 is 2.84 bits per heavy atom. The number of benzene rings is 1. The lowest BCUT2D eigenvalue weighted by Crippen LogP contribution is -2.36. The molecule has 1 aliphatic rings. The van der Waals surface area contributed by atoms with E-state index in [0.717, 1.165) is 47.0 Å². The molecule has 4 rings (SSSR count). The van der Waals surface area contributed by atoms with Crippen molar-refractivity contribution in [2.24, 2.45) is 5.41 Å². The summed E-state index contributed by atoms with van der Waals surface area (Å²) in [5.74, 6) is 0.911. The normalized spacial score (nSPS) is 16.4. The monoisotopic (exact) mass is 351 g/mol. The van der Waals surface area contributed by atoms with Crippen LogP contribution in [0.1, 0.15) is 42.4 Å². The second-order valence-corrected chi connectivity index (χ2v) is 8.41. The summed E-state index contributed by atoms with van der Waals surface area (Å²) in [4.78, 5) is 22.1. The molecule has 2 aromatic heterocycles. The average Bonchev–Trinajstić information content (AvgIpc) is 2.99. The molecule has 0 unspecified atom stereocenters. The van der Waals surface area contributed by atoms with Crippen LogP contribution in [0.4, 0.5) is 0 Å². The van der Waals surface area contributed by atoms with Crippen LogP contribution in [0, 0.1) is 12.3 Å². The molecule has 0 N–H and O–H groups in total. The van der Waals surface area contributed by atoms with E-state index in [1.165, 1.54) is 0 Å². The predicted octanol–water partition coefficient (Wildman–Crippen LogP) is 4.30. The lowest BCUT2D eigenvalue weighted by atomic mass is 9.85. The molecular weight excluding hydrogens is 330 g/mol. The first kappa shape index (κ1) is 16.2. The van der Waals surface area contributed by atoms with E-state index < -0.39 is 0 Å². The summed E-state index contributed by atoms with van der Waals surface area (Å²) in [5, 5.41) is 3.72. The van der Waals surface area contributed by atoms with Crippen molar-refractivity contribution in [3.8, 4) is 0 Å². The van der Waals surface area contributed by atoms with Gasteiger partial charge in [-0.15, -0.1) is 11.3 Å². The summed E-state index contributed by atoms with van der Waals surface area (Å²) in [6.07, 6.45) is 5.96. The van der Waals surface area contributed by atoms with Crippen LogP contribution in [-0.2, 0) is 13.0 Å². The van der Waals surface area contributed by atoms with Crippen LogP contribution in [0.15, 0.2) is 28.4 Å². The molecule has 1 aliphatic heterocycles. The smallest absolute Gasteiger partial charge is 0.261 e. The summed E-state index contributed by atoms with van der Waals surface area (Å²) in [6, 6.07) is 5.86. The van der Waals surface area contributed by atoms with E-state index in [9.17, 15) is 4.79 Å². The Morgan fingerprint density at radius 1 is 1.24 bits per heavy atom. The van der Waals surface area contributed by atoms with Crippen molar-refractivity contribution in [1.29, 1.82) is 0 Å².